The number of aromatic amines is 1. The number of aryl methyl sites for hydroxylation is 1. The molecular formula is C22H27N5. The van der Waals surface area contributed by atoms with Gasteiger partial charge in [0.1, 0.15) is 17.8 Å². The molecule has 1 spiro atoms. The molecule has 140 valence electrons. The maximum absolute atomic E-state index is 4.59. The number of aromatic nitrogens is 3. The molecule has 1 atom stereocenters. The molecule has 3 heterocycles. The maximum atomic E-state index is 4.59. The van der Waals surface area contributed by atoms with Crippen LogP contribution in [-0.4, -0.2) is 38.0 Å². The summed E-state index contributed by atoms with van der Waals surface area (Å²) in [6.45, 7) is 4.30. The highest BCUT2D eigenvalue weighted by Crippen LogP contribution is 2.46. The average Bonchev–Trinajstić information content (AvgIpc) is 3.24. The van der Waals surface area contributed by atoms with E-state index in [2.05, 4.69) is 68.6 Å². The molecule has 2 aliphatic rings. The normalized spacial score (nSPS) is 21.6. The fraction of sp³-hybridized carbons (Fsp3) is 0.455. The number of H-pyrrole nitrogens is 1. The Morgan fingerprint density at radius 2 is 2.07 bits per heavy atom. The molecule has 1 saturated heterocycles. The van der Waals surface area contributed by atoms with Crippen LogP contribution in [0.4, 0.5) is 5.82 Å². The molecule has 0 radical (unpaired) electrons. The highest BCUT2D eigenvalue weighted by atomic mass is 15.3. The highest BCUT2D eigenvalue weighted by Gasteiger charge is 2.49. The molecule has 1 aliphatic carbocycles. The van der Waals surface area contributed by atoms with Gasteiger partial charge in [-0.15, -0.1) is 0 Å². The number of anilines is 1. The van der Waals surface area contributed by atoms with Crippen LogP contribution >= 0.6 is 0 Å². The average molecular weight is 361 g/mol. The van der Waals surface area contributed by atoms with E-state index in [9.17, 15) is 0 Å². The van der Waals surface area contributed by atoms with Gasteiger partial charge in [-0.2, -0.15) is 0 Å². The summed E-state index contributed by atoms with van der Waals surface area (Å²) in [7, 11) is 0. The zero-order valence-corrected chi connectivity index (χ0v) is 15.9. The molecule has 5 rings (SSSR count). The van der Waals surface area contributed by atoms with Crippen LogP contribution in [0.2, 0.25) is 0 Å². The molecule has 1 unspecified atom stereocenters. The lowest BCUT2D eigenvalue weighted by molar-refractivity contribution is 0.0495. The van der Waals surface area contributed by atoms with Crippen LogP contribution in [0.3, 0.4) is 0 Å². The third kappa shape index (κ3) is 2.90. The zero-order valence-electron chi connectivity index (χ0n) is 15.9. The number of fused-ring (bicyclic) bond motifs is 1. The van der Waals surface area contributed by atoms with E-state index in [4.69, 9.17) is 0 Å². The van der Waals surface area contributed by atoms with Gasteiger partial charge in [0, 0.05) is 30.9 Å². The van der Waals surface area contributed by atoms with Crippen LogP contribution in [0.5, 0.6) is 0 Å². The SMILES string of the molecule is CCc1c[nH]c2ncnc(NC3CN(Cc4ccccc4)C4(CCC4)C3)c12. The predicted octanol–water partition coefficient (Wildman–Crippen LogP) is 4.13. The minimum atomic E-state index is 0.380. The number of benzene rings is 1. The summed E-state index contributed by atoms with van der Waals surface area (Å²) >= 11 is 0. The molecule has 5 heteroatoms. The lowest BCUT2D eigenvalue weighted by atomic mass is 9.74. The Morgan fingerprint density at radius 1 is 1.22 bits per heavy atom. The van der Waals surface area contributed by atoms with E-state index in [1.165, 1.54) is 36.8 Å². The Hall–Kier alpha value is -2.40. The molecular weight excluding hydrogens is 334 g/mol. The van der Waals surface area contributed by atoms with Gasteiger partial charge in [0.05, 0.1) is 5.39 Å². The van der Waals surface area contributed by atoms with Gasteiger partial charge in [0.2, 0.25) is 0 Å². The van der Waals surface area contributed by atoms with Crippen LogP contribution in [0.15, 0.2) is 42.9 Å². The van der Waals surface area contributed by atoms with Crippen molar-refractivity contribution >= 4 is 16.9 Å². The van der Waals surface area contributed by atoms with Crippen molar-refractivity contribution in [2.45, 2.75) is 57.2 Å². The maximum Gasteiger partial charge on any atom is 0.143 e. The number of hydrogen-bond acceptors (Lipinski definition) is 4. The van der Waals surface area contributed by atoms with Gasteiger partial charge in [-0.3, -0.25) is 4.90 Å². The first-order valence-electron chi connectivity index (χ1n) is 10.1. The Kier molecular flexibility index (Phi) is 4.12. The van der Waals surface area contributed by atoms with Crippen molar-refractivity contribution < 1.29 is 0 Å². The minimum absolute atomic E-state index is 0.380. The first kappa shape index (κ1) is 16.8. The van der Waals surface area contributed by atoms with Gasteiger partial charge >= 0.3 is 0 Å². The molecule has 0 bridgehead atoms. The van der Waals surface area contributed by atoms with Crippen LogP contribution in [0.25, 0.3) is 11.0 Å². The van der Waals surface area contributed by atoms with Gasteiger partial charge in [0.15, 0.2) is 0 Å². The molecule has 1 saturated carbocycles. The quantitative estimate of drug-likeness (QED) is 0.717. The Morgan fingerprint density at radius 3 is 2.81 bits per heavy atom. The second-order valence-corrected chi connectivity index (χ2v) is 8.10. The van der Waals surface area contributed by atoms with Crippen molar-refractivity contribution in [1.82, 2.24) is 19.9 Å². The fourth-order valence-corrected chi connectivity index (χ4v) is 4.96. The highest BCUT2D eigenvalue weighted by molar-refractivity contribution is 5.90. The topological polar surface area (TPSA) is 56.8 Å². The van der Waals surface area contributed by atoms with E-state index in [1.54, 1.807) is 6.33 Å². The molecule has 1 aromatic carbocycles. The first-order valence-corrected chi connectivity index (χ1v) is 10.1. The van der Waals surface area contributed by atoms with Crippen molar-refractivity contribution in [2.75, 3.05) is 11.9 Å². The van der Waals surface area contributed by atoms with Gasteiger partial charge in [-0.05, 0) is 43.2 Å². The number of likely N-dealkylation sites (tertiary alicyclic amines) is 1. The summed E-state index contributed by atoms with van der Waals surface area (Å²) in [5.41, 5.74) is 4.01. The smallest absolute Gasteiger partial charge is 0.143 e. The number of hydrogen-bond donors (Lipinski definition) is 2. The monoisotopic (exact) mass is 361 g/mol. The zero-order chi connectivity index (χ0) is 18.3. The molecule has 3 aromatic rings. The summed E-state index contributed by atoms with van der Waals surface area (Å²) in [6.07, 6.45) is 9.91. The summed E-state index contributed by atoms with van der Waals surface area (Å²) in [6, 6.07) is 11.3. The van der Waals surface area contributed by atoms with Crippen LogP contribution in [0, 0.1) is 0 Å². The Balaban J connectivity index is 1.38. The Labute approximate surface area is 160 Å². The van der Waals surface area contributed by atoms with E-state index < -0.39 is 0 Å². The molecule has 2 N–H and O–H groups in total. The van der Waals surface area contributed by atoms with E-state index >= 15 is 0 Å². The summed E-state index contributed by atoms with van der Waals surface area (Å²) < 4.78 is 0. The summed E-state index contributed by atoms with van der Waals surface area (Å²) in [5.74, 6) is 0.985. The molecule has 27 heavy (non-hydrogen) atoms. The predicted molar refractivity (Wildman–Crippen MR) is 109 cm³/mol. The minimum Gasteiger partial charge on any atom is -0.365 e. The van der Waals surface area contributed by atoms with Crippen molar-refractivity contribution in [3.05, 3.63) is 54.0 Å². The largest absolute Gasteiger partial charge is 0.365 e. The lowest BCUT2D eigenvalue weighted by Gasteiger charge is -2.46. The van der Waals surface area contributed by atoms with E-state index in [0.29, 0.717) is 11.6 Å². The molecule has 1 aliphatic heterocycles. The van der Waals surface area contributed by atoms with Crippen LogP contribution < -0.4 is 5.32 Å². The van der Waals surface area contributed by atoms with Gasteiger partial charge in [0.25, 0.3) is 0 Å². The Bertz CT molecular complexity index is 928. The molecule has 0 amide bonds. The van der Waals surface area contributed by atoms with E-state index in [0.717, 1.165) is 36.4 Å². The van der Waals surface area contributed by atoms with Crippen molar-refractivity contribution in [2.24, 2.45) is 0 Å². The number of rotatable bonds is 5. The van der Waals surface area contributed by atoms with Crippen LogP contribution in [0.1, 0.15) is 43.7 Å². The van der Waals surface area contributed by atoms with Crippen molar-refractivity contribution in [3.8, 4) is 0 Å². The van der Waals surface area contributed by atoms with Crippen molar-refractivity contribution in [1.29, 1.82) is 0 Å². The third-order valence-corrected chi connectivity index (χ3v) is 6.51. The molecule has 2 aromatic heterocycles. The van der Waals surface area contributed by atoms with Gasteiger partial charge in [-0.25, -0.2) is 9.97 Å². The standard InChI is InChI=1S/C22H27N5/c1-2-17-12-23-20-19(17)21(25-15-24-20)26-18-11-22(9-6-10-22)27(14-18)13-16-7-4-3-5-8-16/h3-5,7-8,12,15,18H,2,6,9-11,13-14H2,1H3,(H2,23,24,25,26). The molecule has 2 fully saturated rings. The third-order valence-electron chi connectivity index (χ3n) is 6.51. The van der Waals surface area contributed by atoms with Gasteiger partial charge < -0.3 is 10.3 Å². The fourth-order valence-electron chi connectivity index (χ4n) is 4.96. The number of nitrogens with zero attached hydrogens (tertiary/aromatic N) is 3. The summed E-state index contributed by atoms with van der Waals surface area (Å²) in [5, 5.41) is 4.93. The van der Waals surface area contributed by atoms with E-state index in [-0.39, 0.29) is 0 Å². The lowest BCUT2D eigenvalue weighted by Crippen LogP contribution is -2.48. The summed E-state index contributed by atoms with van der Waals surface area (Å²) in [4.78, 5) is 15.0. The molecule has 5 nitrogen and oxygen atoms in total. The second kappa shape index (κ2) is 6.64. The van der Waals surface area contributed by atoms with Crippen molar-refractivity contribution in [3.63, 3.8) is 0 Å². The second-order valence-electron chi connectivity index (χ2n) is 8.10. The van der Waals surface area contributed by atoms with Gasteiger partial charge in [-0.1, -0.05) is 37.3 Å². The van der Waals surface area contributed by atoms with Crippen LogP contribution in [-0.2, 0) is 13.0 Å². The number of nitrogens with one attached hydrogen (secondary N) is 2. The van der Waals surface area contributed by atoms with E-state index in [1.807, 2.05) is 0 Å². The first-order chi connectivity index (χ1) is 13.3.